The maximum atomic E-state index is 13.1. The third-order valence-electron chi connectivity index (χ3n) is 7.19. The van der Waals surface area contributed by atoms with Crippen LogP contribution in [0.15, 0.2) is 48.5 Å². The van der Waals surface area contributed by atoms with Crippen molar-refractivity contribution < 1.29 is 4.79 Å². The van der Waals surface area contributed by atoms with Crippen molar-refractivity contribution in [2.75, 3.05) is 26.2 Å². The Kier molecular flexibility index (Phi) is 6.98. The summed E-state index contributed by atoms with van der Waals surface area (Å²) in [5.41, 5.74) is 3.32. The minimum atomic E-state index is 0.182. The quantitative estimate of drug-likeness (QED) is 0.511. The van der Waals surface area contributed by atoms with Gasteiger partial charge in [0.1, 0.15) is 5.82 Å². The van der Waals surface area contributed by atoms with Crippen molar-refractivity contribution >= 4 is 28.5 Å². The lowest BCUT2D eigenvalue weighted by Gasteiger charge is -2.34. The van der Waals surface area contributed by atoms with Gasteiger partial charge in [0, 0.05) is 30.6 Å². The Labute approximate surface area is 201 Å². The molecule has 0 spiro atoms. The summed E-state index contributed by atoms with van der Waals surface area (Å²) in [5, 5.41) is 0.714. The first-order valence-corrected chi connectivity index (χ1v) is 12.7. The van der Waals surface area contributed by atoms with Crippen molar-refractivity contribution in [1.82, 2.24) is 19.4 Å². The van der Waals surface area contributed by atoms with E-state index in [9.17, 15) is 4.79 Å². The van der Waals surface area contributed by atoms with Gasteiger partial charge in [-0.3, -0.25) is 9.69 Å². The van der Waals surface area contributed by atoms with Crippen LogP contribution in [0.25, 0.3) is 11.0 Å². The fourth-order valence-electron chi connectivity index (χ4n) is 5.30. The summed E-state index contributed by atoms with van der Waals surface area (Å²) >= 11 is 6.26. The van der Waals surface area contributed by atoms with Crippen LogP contribution in [0.3, 0.4) is 0 Å². The smallest absolute Gasteiger partial charge is 0.225 e. The molecule has 2 fully saturated rings. The number of hydrogen-bond acceptors (Lipinski definition) is 3. The molecule has 2 aromatic carbocycles. The van der Waals surface area contributed by atoms with Crippen molar-refractivity contribution in [2.45, 2.75) is 51.6 Å². The second-order valence-electron chi connectivity index (χ2n) is 9.52. The number of aromatic nitrogens is 2. The summed E-state index contributed by atoms with van der Waals surface area (Å²) in [6.07, 6.45) is 6.73. The Balaban J connectivity index is 1.28. The second kappa shape index (κ2) is 10.3. The largest absolute Gasteiger partial charge is 0.342 e. The monoisotopic (exact) mass is 464 g/mol. The summed E-state index contributed by atoms with van der Waals surface area (Å²) < 4.78 is 2.31. The van der Waals surface area contributed by atoms with Gasteiger partial charge in [0.2, 0.25) is 5.91 Å². The molecule has 174 valence electrons. The van der Waals surface area contributed by atoms with Crippen LogP contribution in [-0.4, -0.2) is 51.4 Å². The highest BCUT2D eigenvalue weighted by Crippen LogP contribution is 2.26. The Morgan fingerprint density at radius 3 is 2.36 bits per heavy atom. The number of nitrogens with zero attached hydrogens (tertiary/aromatic N) is 4. The molecule has 0 atom stereocenters. The summed E-state index contributed by atoms with van der Waals surface area (Å²) in [7, 11) is 0. The van der Waals surface area contributed by atoms with Crippen LogP contribution in [-0.2, 0) is 17.9 Å². The number of rotatable bonds is 5. The summed E-state index contributed by atoms with van der Waals surface area (Å²) in [6.45, 7) is 5.37. The number of piperidine rings is 1. The van der Waals surface area contributed by atoms with E-state index in [0.717, 1.165) is 81.8 Å². The first-order valence-electron chi connectivity index (χ1n) is 12.4. The van der Waals surface area contributed by atoms with E-state index < -0.39 is 0 Å². The zero-order valence-corrected chi connectivity index (χ0v) is 20.0. The van der Waals surface area contributed by atoms with Crippen molar-refractivity contribution in [3.8, 4) is 0 Å². The van der Waals surface area contributed by atoms with Crippen molar-refractivity contribution in [3.05, 3.63) is 64.9 Å². The molecule has 5 rings (SSSR count). The molecule has 5 nitrogen and oxygen atoms in total. The number of imidazole rings is 1. The standard InChI is InChI=1S/C27H33ClN4O/c28-23-10-11-25-24(18-23)29-26(32(25)19-21-8-4-3-5-9-21)20-30-16-12-22(13-17-30)27(33)31-14-6-1-2-7-15-31/h3-5,8-11,18,22H,1-2,6-7,12-17,19-20H2. The van der Waals surface area contributed by atoms with E-state index in [1.807, 2.05) is 18.2 Å². The van der Waals surface area contributed by atoms with Gasteiger partial charge in [0.25, 0.3) is 0 Å². The van der Waals surface area contributed by atoms with Crippen molar-refractivity contribution in [2.24, 2.45) is 5.92 Å². The average Bonchev–Trinajstić information content (AvgIpc) is 3.00. The zero-order valence-electron chi connectivity index (χ0n) is 19.3. The van der Waals surface area contributed by atoms with Crippen LogP contribution in [0, 0.1) is 5.92 Å². The fourth-order valence-corrected chi connectivity index (χ4v) is 5.47. The molecular formula is C27H33ClN4O. The fraction of sp³-hybridized carbons (Fsp3) is 0.481. The molecule has 0 unspecified atom stereocenters. The molecular weight excluding hydrogens is 432 g/mol. The van der Waals surface area contributed by atoms with Gasteiger partial charge >= 0.3 is 0 Å². The molecule has 0 saturated carbocycles. The third-order valence-corrected chi connectivity index (χ3v) is 7.43. The van der Waals surface area contributed by atoms with Crippen molar-refractivity contribution in [3.63, 3.8) is 0 Å². The van der Waals surface area contributed by atoms with Gasteiger partial charge in [-0.1, -0.05) is 54.8 Å². The molecule has 3 aromatic rings. The summed E-state index contributed by atoms with van der Waals surface area (Å²) in [6, 6.07) is 16.5. The molecule has 2 aliphatic heterocycles. The van der Waals surface area contributed by atoms with E-state index in [4.69, 9.17) is 16.6 Å². The normalized spacial score (nSPS) is 18.5. The number of carbonyl (C=O) groups excluding carboxylic acids is 1. The topological polar surface area (TPSA) is 41.4 Å². The molecule has 0 bridgehead atoms. The predicted molar refractivity (Wildman–Crippen MR) is 133 cm³/mol. The van der Waals surface area contributed by atoms with E-state index >= 15 is 0 Å². The number of hydrogen-bond donors (Lipinski definition) is 0. The van der Waals surface area contributed by atoms with Crippen LogP contribution in [0.5, 0.6) is 0 Å². The molecule has 0 radical (unpaired) electrons. The van der Waals surface area contributed by atoms with E-state index in [1.165, 1.54) is 18.4 Å². The highest BCUT2D eigenvalue weighted by Gasteiger charge is 2.29. The number of halogens is 1. The Hall–Kier alpha value is -2.37. The molecule has 0 N–H and O–H groups in total. The Morgan fingerprint density at radius 1 is 0.909 bits per heavy atom. The highest BCUT2D eigenvalue weighted by molar-refractivity contribution is 6.31. The number of amides is 1. The van der Waals surface area contributed by atoms with Gasteiger partial charge < -0.3 is 9.47 Å². The summed E-state index contributed by atoms with van der Waals surface area (Å²) in [4.78, 5) is 22.6. The van der Waals surface area contributed by atoms with E-state index in [0.29, 0.717) is 10.9 Å². The zero-order chi connectivity index (χ0) is 22.6. The second-order valence-corrected chi connectivity index (χ2v) is 9.96. The Bertz CT molecular complexity index is 1080. The third kappa shape index (κ3) is 5.25. The van der Waals surface area contributed by atoms with Gasteiger partial charge in [0.15, 0.2) is 0 Å². The number of benzene rings is 2. The molecule has 1 aromatic heterocycles. The lowest BCUT2D eigenvalue weighted by atomic mass is 9.95. The lowest BCUT2D eigenvalue weighted by Crippen LogP contribution is -2.43. The highest BCUT2D eigenvalue weighted by atomic mass is 35.5. The number of fused-ring (bicyclic) bond motifs is 1. The first-order chi connectivity index (χ1) is 16.2. The van der Waals surface area contributed by atoms with Gasteiger partial charge in [-0.15, -0.1) is 0 Å². The first kappa shape index (κ1) is 22.4. The molecule has 2 aliphatic rings. The van der Waals surface area contributed by atoms with Gasteiger partial charge in [-0.25, -0.2) is 4.98 Å². The number of carbonyl (C=O) groups is 1. The molecule has 3 heterocycles. The summed E-state index contributed by atoms with van der Waals surface area (Å²) in [5.74, 6) is 1.64. The Morgan fingerprint density at radius 2 is 1.64 bits per heavy atom. The maximum Gasteiger partial charge on any atom is 0.225 e. The van der Waals surface area contributed by atoms with Crippen LogP contribution in [0.2, 0.25) is 5.02 Å². The van der Waals surface area contributed by atoms with Crippen LogP contribution in [0.1, 0.15) is 49.9 Å². The van der Waals surface area contributed by atoms with E-state index in [2.05, 4.69) is 44.7 Å². The minimum Gasteiger partial charge on any atom is -0.342 e. The van der Waals surface area contributed by atoms with Gasteiger partial charge in [-0.2, -0.15) is 0 Å². The van der Waals surface area contributed by atoms with Crippen LogP contribution < -0.4 is 0 Å². The van der Waals surface area contributed by atoms with E-state index in [-0.39, 0.29) is 5.92 Å². The van der Waals surface area contributed by atoms with Gasteiger partial charge in [-0.05, 0) is 62.5 Å². The van der Waals surface area contributed by atoms with Crippen LogP contribution >= 0.6 is 11.6 Å². The number of likely N-dealkylation sites (tertiary alicyclic amines) is 2. The van der Waals surface area contributed by atoms with E-state index in [1.54, 1.807) is 0 Å². The molecule has 33 heavy (non-hydrogen) atoms. The average molecular weight is 465 g/mol. The molecule has 2 saturated heterocycles. The molecule has 1 amide bonds. The van der Waals surface area contributed by atoms with Gasteiger partial charge in [0.05, 0.1) is 17.6 Å². The molecule has 0 aliphatic carbocycles. The maximum absolute atomic E-state index is 13.1. The van der Waals surface area contributed by atoms with Crippen LogP contribution in [0.4, 0.5) is 0 Å². The predicted octanol–water partition coefficient (Wildman–Crippen LogP) is 5.35. The SMILES string of the molecule is O=C(C1CCN(Cc2nc3cc(Cl)ccc3n2Cc2ccccc2)CC1)N1CCCCCC1. The minimum absolute atomic E-state index is 0.182. The molecule has 6 heteroatoms. The lowest BCUT2D eigenvalue weighted by molar-refractivity contribution is -0.137. The van der Waals surface area contributed by atoms with Crippen molar-refractivity contribution in [1.29, 1.82) is 0 Å².